The quantitative estimate of drug-likeness (QED) is 0.0444. The molecule has 0 N–H and O–H groups in total. The summed E-state index contributed by atoms with van der Waals surface area (Å²) < 4.78 is 0. The summed E-state index contributed by atoms with van der Waals surface area (Å²) in [5.41, 5.74) is 0. The van der Waals surface area contributed by atoms with Crippen molar-refractivity contribution in [3.63, 3.8) is 0 Å². The van der Waals surface area contributed by atoms with E-state index in [4.69, 9.17) is 0 Å². The first-order valence-electron chi connectivity index (χ1n) is 28.2. The number of rotatable bonds is 49. The molecule has 2 rings (SSSR count). The largest absolute Gasteiger partial charge is 0.303 e. The Morgan fingerprint density at radius 3 is 0.867 bits per heavy atom. The zero-order valence-corrected chi connectivity index (χ0v) is 43.9. The Labute approximate surface area is 388 Å². The Hall–Kier alpha value is 0.620. The lowest BCUT2D eigenvalue weighted by atomic mass is 9.99. The van der Waals surface area contributed by atoms with Gasteiger partial charge < -0.3 is 9.80 Å². The van der Waals surface area contributed by atoms with Crippen molar-refractivity contribution in [1.82, 2.24) is 9.80 Å². The highest BCUT2D eigenvalue weighted by molar-refractivity contribution is 8.76. The minimum Gasteiger partial charge on any atom is -0.303 e. The van der Waals surface area contributed by atoms with Gasteiger partial charge in [-0.2, -0.15) is 0 Å². The van der Waals surface area contributed by atoms with Gasteiger partial charge in [-0.05, 0) is 76.3 Å². The molecule has 0 bridgehead atoms. The van der Waals surface area contributed by atoms with Gasteiger partial charge in [0.05, 0.1) is 0 Å². The Morgan fingerprint density at radius 1 is 0.333 bits per heavy atom. The molecular formula is C56H112N2S2. The molecule has 2 aliphatic carbocycles. The summed E-state index contributed by atoms with van der Waals surface area (Å²) in [6.07, 6.45) is 58.5. The molecule has 2 fully saturated rings. The summed E-state index contributed by atoms with van der Waals surface area (Å²) in [6.45, 7) is 11.9. The Bertz CT molecular complexity index is 813. The van der Waals surface area contributed by atoms with Gasteiger partial charge in [-0.25, -0.2) is 0 Å². The van der Waals surface area contributed by atoms with Crippen molar-refractivity contribution in [2.24, 2.45) is 23.7 Å². The minimum absolute atomic E-state index is 0.801. The van der Waals surface area contributed by atoms with E-state index in [1.165, 1.54) is 269 Å². The molecule has 0 aromatic carbocycles. The van der Waals surface area contributed by atoms with Gasteiger partial charge in [0.25, 0.3) is 0 Å². The van der Waals surface area contributed by atoms with Crippen LogP contribution in [-0.4, -0.2) is 60.6 Å². The summed E-state index contributed by atoms with van der Waals surface area (Å²) in [7, 11) is 9.22. The first-order chi connectivity index (χ1) is 29.5. The van der Waals surface area contributed by atoms with Crippen molar-refractivity contribution in [3.8, 4) is 0 Å². The van der Waals surface area contributed by atoms with E-state index in [1.807, 2.05) is 0 Å². The molecule has 0 aliphatic heterocycles. The molecule has 2 aliphatic rings. The number of unbranched alkanes of at least 4 members (excludes halogenated alkanes) is 24. The second kappa shape index (κ2) is 41.1. The van der Waals surface area contributed by atoms with E-state index in [9.17, 15) is 0 Å². The molecule has 0 aromatic heterocycles. The van der Waals surface area contributed by atoms with Crippen molar-refractivity contribution in [3.05, 3.63) is 0 Å². The summed E-state index contributed by atoms with van der Waals surface area (Å²) in [6, 6.07) is 1.60. The maximum Gasteiger partial charge on any atom is 0.0165 e. The van der Waals surface area contributed by atoms with Crippen LogP contribution in [0.15, 0.2) is 0 Å². The monoisotopic (exact) mass is 877 g/mol. The second-order valence-electron chi connectivity index (χ2n) is 20.9. The summed E-state index contributed by atoms with van der Waals surface area (Å²) in [5, 5.41) is 0. The molecular weight excluding hydrogens is 765 g/mol. The smallest absolute Gasteiger partial charge is 0.0165 e. The Morgan fingerprint density at radius 2 is 0.567 bits per heavy atom. The SMILES string of the molecule is CCCCCCCCCCCC1CC1CCCCC(CCCCCC)N(C)CCSSCCN(C)C(CCCCCC)CCCCC1CC1CCCCCCCCCCC. The van der Waals surface area contributed by atoms with Gasteiger partial charge in [-0.3, -0.25) is 0 Å². The van der Waals surface area contributed by atoms with E-state index in [0.29, 0.717) is 0 Å². The Balaban J connectivity index is 1.55. The molecule has 2 nitrogen and oxygen atoms in total. The number of hydrogen-bond donors (Lipinski definition) is 0. The molecule has 2 saturated carbocycles. The predicted molar refractivity (Wildman–Crippen MR) is 279 cm³/mol. The van der Waals surface area contributed by atoms with Crippen LogP contribution in [0.2, 0.25) is 0 Å². The van der Waals surface area contributed by atoms with Crippen LogP contribution in [0.3, 0.4) is 0 Å². The van der Waals surface area contributed by atoms with E-state index >= 15 is 0 Å². The topological polar surface area (TPSA) is 6.48 Å². The molecule has 4 heteroatoms. The van der Waals surface area contributed by atoms with Crippen molar-refractivity contribution >= 4 is 21.6 Å². The first kappa shape index (κ1) is 56.7. The van der Waals surface area contributed by atoms with E-state index in [-0.39, 0.29) is 0 Å². The van der Waals surface area contributed by atoms with Crippen molar-refractivity contribution in [1.29, 1.82) is 0 Å². The number of nitrogens with zero attached hydrogens (tertiary/aromatic N) is 2. The van der Waals surface area contributed by atoms with Crippen LogP contribution in [0.4, 0.5) is 0 Å². The van der Waals surface area contributed by atoms with Gasteiger partial charge in [-0.15, -0.1) is 0 Å². The van der Waals surface area contributed by atoms with Gasteiger partial charge in [0.2, 0.25) is 0 Å². The van der Waals surface area contributed by atoms with Crippen LogP contribution in [-0.2, 0) is 0 Å². The molecule has 60 heavy (non-hydrogen) atoms. The van der Waals surface area contributed by atoms with Crippen LogP contribution >= 0.6 is 21.6 Å². The third kappa shape index (κ3) is 32.3. The molecule has 0 amide bonds. The highest BCUT2D eigenvalue weighted by Crippen LogP contribution is 2.47. The van der Waals surface area contributed by atoms with Gasteiger partial charge in [0, 0.05) is 36.7 Å². The maximum absolute atomic E-state index is 2.77. The molecule has 358 valence electrons. The third-order valence-corrected chi connectivity index (χ3v) is 17.8. The highest BCUT2D eigenvalue weighted by Gasteiger charge is 2.36. The fourth-order valence-electron chi connectivity index (χ4n) is 10.7. The second-order valence-corrected chi connectivity index (χ2v) is 23.6. The lowest BCUT2D eigenvalue weighted by Gasteiger charge is -2.29. The summed E-state index contributed by atoms with van der Waals surface area (Å²) in [5.74, 6) is 6.92. The zero-order valence-electron chi connectivity index (χ0n) is 42.3. The molecule has 6 unspecified atom stereocenters. The van der Waals surface area contributed by atoms with Crippen LogP contribution in [0.25, 0.3) is 0 Å². The molecule has 0 heterocycles. The van der Waals surface area contributed by atoms with E-state index < -0.39 is 0 Å². The van der Waals surface area contributed by atoms with E-state index in [0.717, 1.165) is 35.8 Å². The van der Waals surface area contributed by atoms with Gasteiger partial charge in [0.15, 0.2) is 0 Å². The lowest BCUT2D eigenvalue weighted by molar-refractivity contribution is 0.220. The molecule has 6 atom stereocenters. The van der Waals surface area contributed by atoms with Crippen molar-refractivity contribution < 1.29 is 0 Å². The normalized spacial score (nSPS) is 19.8. The van der Waals surface area contributed by atoms with Gasteiger partial charge in [0.1, 0.15) is 0 Å². The molecule has 0 saturated heterocycles. The summed E-state index contributed by atoms with van der Waals surface area (Å²) in [4.78, 5) is 5.53. The van der Waals surface area contributed by atoms with Crippen LogP contribution in [0.1, 0.15) is 285 Å². The van der Waals surface area contributed by atoms with E-state index in [2.05, 4.69) is 73.2 Å². The average Bonchev–Trinajstić information content (AvgIpc) is 4.19. The first-order valence-corrected chi connectivity index (χ1v) is 30.7. The third-order valence-electron chi connectivity index (χ3n) is 15.4. The van der Waals surface area contributed by atoms with Gasteiger partial charge in [-0.1, -0.05) is 268 Å². The standard InChI is InChI=1S/C56H112N2S2/c1-7-11-15-19-21-23-25-27-29-37-51-49-53(51)39-33-35-43-55(41-31-17-13-9-3)57(5)45-47-59-60-48-46-58(6)56(42-32-18-14-10-4)44-36-34-40-54-50-52(54)38-30-28-26-24-22-20-16-12-8-2/h51-56H,7-50H2,1-6H3. The van der Waals surface area contributed by atoms with Gasteiger partial charge >= 0.3 is 0 Å². The van der Waals surface area contributed by atoms with Crippen molar-refractivity contribution in [2.75, 3.05) is 38.7 Å². The fraction of sp³-hybridized carbons (Fsp3) is 1.00. The number of hydrogen-bond acceptors (Lipinski definition) is 4. The minimum atomic E-state index is 0.801. The summed E-state index contributed by atoms with van der Waals surface area (Å²) >= 11 is 0. The van der Waals surface area contributed by atoms with Crippen LogP contribution in [0.5, 0.6) is 0 Å². The van der Waals surface area contributed by atoms with Crippen LogP contribution < -0.4 is 0 Å². The van der Waals surface area contributed by atoms with Crippen LogP contribution in [0, 0.1) is 23.7 Å². The molecule has 0 aromatic rings. The van der Waals surface area contributed by atoms with Crippen molar-refractivity contribution in [2.45, 2.75) is 297 Å². The predicted octanol–water partition coefficient (Wildman–Crippen LogP) is 19.1. The lowest BCUT2D eigenvalue weighted by Crippen LogP contribution is -2.34. The molecule has 0 spiro atoms. The average molecular weight is 878 g/mol. The molecule has 0 radical (unpaired) electrons. The Kier molecular flexibility index (Phi) is 38.9. The highest BCUT2D eigenvalue weighted by atomic mass is 33.1. The van der Waals surface area contributed by atoms with E-state index in [1.54, 1.807) is 12.8 Å². The fourth-order valence-corrected chi connectivity index (χ4v) is 12.8. The zero-order chi connectivity index (χ0) is 43.1. The maximum atomic E-state index is 2.77.